The molecule has 0 aliphatic rings. The quantitative estimate of drug-likeness (QED) is 0.364. The summed E-state index contributed by atoms with van der Waals surface area (Å²) in [5, 5.41) is 17.8. The van der Waals surface area contributed by atoms with Gasteiger partial charge in [-0.3, -0.25) is 24.4 Å². The van der Waals surface area contributed by atoms with Gasteiger partial charge in [0.25, 0.3) is 5.91 Å². The van der Waals surface area contributed by atoms with Crippen LogP contribution in [0.5, 0.6) is 0 Å². The van der Waals surface area contributed by atoms with Crippen molar-refractivity contribution in [1.82, 2.24) is 9.78 Å². The first-order valence-electron chi connectivity index (χ1n) is 9.15. The number of nitrogens with zero attached hydrogens (tertiary/aromatic N) is 3. The van der Waals surface area contributed by atoms with Crippen LogP contribution in [-0.4, -0.2) is 33.2 Å². The Labute approximate surface area is 172 Å². The fourth-order valence-electron chi connectivity index (χ4n) is 3.07. The van der Waals surface area contributed by atoms with Gasteiger partial charge in [0.2, 0.25) is 0 Å². The number of anilines is 1. The zero-order valence-corrected chi connectivity index (χ0v) is 16.5. The number of amides is 1. The summed E-state index contributed by atoms with van der Waals surface area (Å²) in [4.78, 5) is 34.8. The third-order valence-corrected chi connectivity index (χ3v) is 4.45. The second kappa shape index (κ2) is 8.99. The van der Waals surface area contributed by atoms with Crippen molar-refractivity contribution in [3.8, 4) is 11.1 Å². The van der Waals surface area contributed by atoms with Gasteiger partial charge in [-0.1, -0.05) is 48.5 Å². The molecule has 0 bridgehead atoms. The summed E-state index contributed by atoms with van der Waals surface area (Å²) in [6.07, 6.45) is 0. The monoisotopic (exact) mass is 408 g/mol. The number of para-hydroxylation sites is 1. The fourth-order valence-corrected chi connectivity index (χ4v) is 3.07. The van der Waals surface area contributed by atoms with E-state index in [1.807, 2.05) is 42.5 Å². The minimum atomic E-state index is -0.720. The van der Waals surface area contributed by atoms with E-state index in [0.29, 0.717) is 5.69 Å². The zero-order valence-electron chi connectivity index (χ0n) is 16.5. The molecule has 2 aromatic carbocycles. The Balaban J connectivity index is 1.60. The number of benzene rings is 2. The van der Waals surface area contributed by atoms with Gasteiger partial charge < -0.3 is 10.1 Å². The maximum Gasteiger partial charge on any atom is 0.328 e. The third-order valence-electron chi connectivity index (χ3n) is 4.45. The summed E-state index contributed by atoms with van der Waals surface area (Å²) in [5.74, 6) is -1.21. The van der Waals surface area contributed by atoms with Crippen LogP contribution in [0, 0.1) is 24.0 Å². The van der Waals surface area contributed by atoms with E-state index in [9.17, 15) is 19.7 Å². The molecule has 1 N–H and O–H groups in total. The smallest absolute Gasteiger partial charge is 0.328 e. The van der Waals surface area contributed by atoms with Gasteiger partial charge in [0.15, 0.2) is 6.61 Å². The summed E-state index contributed by atoms with van der Waals surface area (Å²) in [5.41, 5.74) is 2.69. The van der Waals surface area contributed by atoms with Gasteiger partial charge in [-0.2, -0.15) is 5.10 Å². The molecule has 0 aliphatic heterocycles. The first-order valence-corrected chi connectivity index (χ1v) is 9.15. The van der Waals surface area contributed by atoms with Gasteiger partial charge >= 0.3 is 11.7 Å². The van der Waals surface area contributed by atoms with Crippen molar-refractivity contribution in [3.63, 3.8) is 0 Å². The molecule has 3 rings (SSSR count). The molecule has 1 heterocycles. The largest absolute Gasteiger partial charge is 0.454 e. The van der Waals surface area contributed by atoms with Crippen LogP contribution in [-0.2, 0) is 20.9 Å². The van der Waals surface area contributed by atoms with Gasteiger partial charge in [0, 0.05) is 11.3 Å². The number of esters is 1. The third kappa shape index (κ3) is 4.69. The highest BCUT2D eigenvalue weighted by atomic mass is 16.6. The summed E-state index contributed by atoms with van der Waals surface area (Å²) < 4.78 is 6.20. The van der Waals surface area contributed by atoms with Gasteiger partial charge in [-0.05, 0) is 25.5 Å². The number of aromatic nitrogens is 2. The number of aryl methyl sites for hydroxylation is 1. The van der Waals surface area contributed by atoms with Gasteiger partial charge in [0.05, 0.1) is 4.92 Å². The van der Waals surface area contributed by atoms with Crippen molar-refractivity contribution in [1.29, 1.82) is 0 Å². The molecular weight excluding hydrogens is 388 g/mol. The SMILES string of the molecule is Cc1nn(CC(=O)OCC(=O)Nc2ccccc2-c2ccccc2)c(C)c1[N+](=O)[O-]. The number of rotatable bonds is 7. The Bertz CT molecular complexity index is 1090. The molecule has 0 unspecified atom stereocenters. The predicted molar refractivity (Wildman–Crippen MR) is 110 cm³/mol. The van der Waals surface area contributed by atoms with E-state index in [0.717, 1.165) is 11.1 Å². The van der Waals surface area contributed by atoms with Gasteiger partial charge in [0.1, 0.15) is 17.9 Å². The van der Waals surface area contributed by atoms with Crippen LogP contribution in [0.2, 0.25) is 0 Å². The molecule has 0 spiro atoms. The minimum absolute atomic E-state index is 0.141. The second-order valence-corrected chi connectivity index (χ2v) is 6.55. The molecule has 0 radical (unpaired) electrons. The average Bonchev–Trinajstić information content (AvgIpc) is 3.00. The topological polar surface area (TPSA) is 116 Å². The molecule has 154 valence electrons. The molecule has 0 atom stereocenters. The molecule has 0 saturated carbocycles. The van der Waals surface area contributed by atoms with Crippen molar-refractivity contribution in [2.24, 2.45) is 0 Å². The highest BCUT2D eigenvalue weighted by Crippen LogP contribution is 2.27. The standard InChI is InChI=1S/C21H20N4O5/c1-14-21(25(28)29)15(2)24(23-14)12-20(27)30-13-19(26)22-18-11-7-6-10-17(18)16-8-4-3-5-9-16/h3-11H,12-13H2,1-2H3,(H,22,26). The van der Waals surface area contributed by atoms with E-state index >= 15 is 0 Å². The fraction of sp³-hybridized carbons (Fsp3) is 0.190. The molecule has 3 aromatic rings. The zero-order chi connectivity index (χ0) is 21.7. The van der Waals surface area contributed by atoms with Crippen molar-refractivity contribution in [2.45, 2.75) is 20.4 Å². The lowest BCUT2D eigenvalue weighted by Crippen LogP contribution is -2.23. The van der Waals surface area contributed by atoms with Crippen LogP contribution in [0.4, 0.5) is 11.4 Å². The molecule has 1 amide bonds. The van der Waals surface area contributed by atoms with E-state index in [2.05, 4.69) is 10.4 Å². The number of nitrogens with one attached hydrogen (secondary N) is 1. The number of ether oxygens (including phenoxy) is 1. The van der Waals surface area contributed by atoms with E-state index in [1.165, 1.54) is 18.5 Å². The highest BCUT2D eigenvalue weighted by Gasteiger charge is 2.23. The highest BCUT2D eigenvalue weighted by molar-refractivity contribution is 5.96. The predicted octanol–water partition coefficient (Wildman–Crippen LogP) is 3.26. The number of carbonyl (C=O) groups is 2. The van der Waals surface area contributed by atoms with Crippen LogP contribution < -0.4 is 5.32 Å². The summed E-state index contributed by atoms with van der Waals surface area (Å²) in [6, 6.07) is 16.9. The molecule has 0 fully saturated rings. The number of carbonyl (C=O) groups excluding carboxylic acids is 2. The molecular formula is C21H20N4O5. The Kier molecular flexibility index (Phi) is 6.21. The molecule has 9 nitrogen and oxygen atoms in total. The first kappa shape index (κ1) is 20.7. The van der Waals surface area contributed by atoms with Crippen molar-refractivity contribution < 1.29 is 19.2 Å². The van der Waals surface area contributed by atoms with E-state index in [1.54, 1.807) is 12.1 Å². The van der Waals surface area contributed by atoms with E-state index < -0.39 is 23.4 Å². The van der Waals surface area contributed by atoms with Crippen molar-refractivity contribution >= 4 is 23.3 Å². The average molecular weight is 408 g/mol. The second-order valence-electron chi connectivity index (χ2n) is 6.55. The minimum Gasteiger partial charge on any atom is -0.454 e. The molecule has 0 aliphatic carbocycles. The number of hydrogen-bond donors (Lipinski definition) is 1. The first-order chi connectivity index (χ1) is 14.4. The Morgan fingerprint density at radius 1 is 1.10 bits per heavy atom. The van der Waals surface area contributed by atoms with Gasteiger partial charge in [-0.25, -0.2) is 0 Å². The van der Waals surface area contributed by atoms with Crippen LogP contribution in [0.3, 0.4) is 0 Å². The summed E-state index contributed by atoms with van der Waals surface area (Å²) >= 11 is 0. The van der Waals surface area contributed by atoms with Crippen LogP contribution >= 0.6 is 0 Å². The van der Waals surface area contributed by atoms with Crippen LogP contribution in [0.1, 0.15) is 11.4 Å². The van der Waals surface area contributed by atoms with Crippen LogP contribution in [0.15, 0.2) is 54.6 Å². The number of nitro groups is 1. The summed E-state index contributed by atoms with van der Waals surface area (Å²) in [7, 11) is 0. The maximum atomic E-state index is 12.3. The van der Waals surface area contributed by atoms with Crippen LogP contribution in [0.25, 0.3) is 11.1 Å². The summed E-state index contributed by atoms with van der Waals surface area (Å²) in [6.45, 7) is 2.18. The lowest BCUT2D eigenvalue weighted by atomic mass is 10.0. The van der Waals surface area contributed by atoms with Crippen molar-refractivity contribution in [3.05, 3.63) is 76.1 Å². The molecule has 0 saturated heterocycles. The van der Waals surface area contributed by atoms with E-state index in [4.69, 9.17) is 4.74 Å². The van der Waals surface area contributed by atoms with Gasteiger partial charge in [-0.15, -0.1) is 0 Å². The lowest BCUT2D eigenvalue weighted by molar-refractivity contribution is -0.386. The Morgan fingerprint density at radius 3 is 2.43 bits per heavy atom. The Morgan fingerprint density at radius 2 is 1.77 bits per heavy atom. The molecule has 30 heavy (non-hydrogen) atoms. The lowest BCUT2D eigenvalue weighted by Gasteiger charge is -2.11. The molecule has 1 aromatic heterocycles. The van der Waals surface area contributed by atoms with Crippen molar-refractivity contribution in [2.75, 3.05) is 11.9 Å². The molecule has 9 heteroatoms. The number of hydrogen-bond acceptors (Lipinski definition) is 6. The maximum absolute atomic E-state index is 12.3. The normalized spacial score (nSPS) is 10.5. The Hall–Kier alpha value is -4.01. The van der Waals surface area contributed by atoms with E-state index in [-0.39, 0.29) is 23.6 Å².